The van der Waals surface area contributed by atoms with Crippen molar-refractivity contribution in [2.24, 2.45) is 5.92 Å². The van der Waals surface area contributed by atoms with Gasteiger partial charge in [-0.1, -0.05) is 117 Å². The summed E-state index contributed by atoms with van der Waals surface area (Å²) in [6, 6.07) is 30.4. The molecule has 0 aliphatic heterocycles. The van der Waals surface area contributed by atoms with Gasteiger partial charge in [-0.25, -0.2) is 0 Å². The van der Waals surface area contributed by atoms with E-state index in [9.17, 15) is 4.79 Å². The summed E-state index contributed by atoms with van der Waals surface area (Å²) in [6.45, 7) is 4.08. The number of ether oxygens (including phenoxy) is 4. The van der Waals surface area contributed by atoms with Crippen molar-refractivity contribution >= 4 is 6.29 Å². The molecule has 0 radical (unpaired) electrons. The first-order chi connectivity index (χ1) is 19.3. The lowest BCUT2D eigenvalue weighted by molar-refractivity contribution is -0.132. The van der Waals surface area contributed by atoms with Gasteiger partial charge in [0.1, 0.15) is 6.29 Å². The van der Waals surface area contributed by atoms with Crippen molar-refractivity contribution in [1.29, 1.82) is 0 Å². The van der Waals surface area contributed by atoms with E-state index in [-0.39, 0.29) is 24.4 Å². The first-order valence-electron chi connectivity index (χ1n) is 14.3. The SMILES string of the molecule is CCCCC[C@@H](CO[C@@H]1[C@@H](C=O)[C@@H](OCc2ccccc2)C[C@H]1OCc1ccccc1)OCc1ccccc1. The first-order valence-corrected chi connectivity index (χ1v) is 14.3. The van der Waals surface area contributed by atoms with E-state index in [4.69, 9.17) is 18.9 Å². The monoisotopic (exact) mass is 530 g/mol. The van der Waals surface area contributed by atoms with E-state index in [0.717, 1.165) is 48.7 Å². The number of rotatable bonds is 17. The summed E-state index contributed by atoms with van der Waals surface area (Å²) < 4.78 is 25.5. The van der Waals surface area contributed by atoms with Crippen molar-refractivity contribution in [3.8, 4) is 0 Å². The van der Waals surface area contributed by atoms with Gasteiger partial charge in [0, 0.05) is 6.42 Å². The minimum absolute atomic E-state index is 0.0527. The fourth-order valence-electron chi connectivity index (χ4n) is 5.10. The molecule has 5 nitrogen and oxygen atoms in total. The highest BCUT2D eigenvalue weighted by atomic mass is 16.6. The number of carbonyl (C=O) groups is 1. The quantitative estimate of drug-likeness (QED) is 0.140. The Kier molecular flexibility index (Phi) is 12.2. The van der Waals surface area contributed by atoms with E-state index < -0.39 is 5.92 Å². The third kappa shape index (κ3) is 9.40. The van der Waals surface area contributed by atoms with Crippen molar-refractivity contribution in [2.45, 2.75) is 83.3 Å². The van der Waals surface area contributed by atoms with Gasteiger partial charge in [-0.05, 0) is 23.1 Å². The predicted octanol–water partition coefficient (Wildman–Crippen LogP) is 6.93. The highest BCUT2D eigenvalue weighted by molar-refractivity contribution is 5.57. The third-order valence-corrected chi connectivity index (χ3v) is 7.34. The number of unbranched alkanes of at least 4 members (excludes halogenated alkanes) is 2. The average Bonchev–Trinajstić information content (AvgIpc) is 3.34. The molecule has 0 heterocycles. The predicted molar refractivity (Wildman–Crippen MR) is 153 cm³/mol. The van der Waals surface area contributed by atoms with Gasteiger partial charge < -0.3 is 23.7 Å². The summed E-state index contributed by atoms with van der Waals surface area (Å²) in [5, 5.41) is 0. The van der Waals surface area contributed by atoms with E-state index in [1.807, 2.05) is 78.9 Å². The molecule has 1 saturated carbocycles. The molecule has 0 bridgehead atoms. The Morgan fingerprint density at radius 3 is 1.79 bits per heavy atom. The maximum atomic E-state index is 12.4. The van der Waals surface area contributed by atoms with Crippen LogP contribution in [0.4, 0.5) is 0 Å². The van der Waals surface area contributed by atoms with E-state index in [2.05, 4.69) is 19.1 Å². The molecule has 0 N–H and O–H groups in total. The molecule has 0 amide bonds. The number of hydrogen-bond donors (Lipinski definition) is 0. The van der Waals surface area contributed by atoms with Crippen LogP contribution in [-0.4, -0.2) is 37.3 Å². The fraction of sp³-hybridized carbons (Fsp3) is 0.441. The van der Waals surface area contributed by atoms with Gasteiger partial charge in [0.05, 0.1) is 56.8 Å². The maximum absolute atomic E-state index is 12.4. The van der Waals surface area contributed by atoms with Crippen LogP contribution in [0.3, 0.4) is 0 Å². The smallest absolute Gasteiger partial charge is 0.128 e. The van der Waals surface area contributed by atoms with Crippen molar-refractivity contribution in [2.75, 3.05) is 6.61 Å². The molecule has 39 heavy (non-hydrogen) atoms. The molecule has 1 aliphatic rings. The average molecular weight is 531 g/mol. The fourth-order valence-corrected chi connectivity index (χ4v) is 5.10. The standard InChI is InChI=1S/C34H42O5/c1-2-3-7-20-30(36-23-27-14-8-4-9-15-27)26-39-34-31(22-35)32(37-24-28-16-10-5-11-17-28)21-33(34)38-25-29-18-12-6-13-19-29/h4-6,8-19,22,30-34H,2-3,7,20-21,23-26H2,1H3/t30-,31-,32-,33+,34+/m0/s1. The largest absolute Gasteiger partial charge is 0.373 e. The molecule has 5 heteroatoms. The zero-order chi connectivity index (χ0) is 27.1. The Labute approximate surface area is 233 Å². The lowest BCUT2D eigenvalue weighted by Gasteiger charge is -2.26. The molecule has 0 aromatic heterocycles. The molecular weight excluding hydrogens is 488 g/mol. The second-order valence-corrected chi connectivity index (χ2v) is 10.3. The lowest BCUT2D eigenvalue weighted by atomic mass is 10.1. The first kappa shape index (κ1) is 29.2. The Bertz CT molecular complexity index is 1060. The second-order valence-electron chi connectivity index (χ2n) is 10.3. The van der Waals surface area contributed by atoms with Crippen LogP contribution in [0, 0.1) is 5.92 Å². The van der Waals surface area contributed by atoms with Crippen molar-refractivity contribution in [3.63, 3.8) is 0 Å². The summed E-state index contributed by atoms with van der Waals surface area (Å²) in [7, 11) is 0. The van der Waals surface area contributed by atoms with E-state index in [1.54, 1.807) is 0 Å². The molecule has 3 aromatic carbocycles. The third-order valence-electron chi connectivity index (χ3n) is 7.34. The molecular formula is C34H42O5. The van der Waals surface area contributed by atoms with Gasteiger partial charge in [0.2, 0.25) is 0 Å². The van der Waals surface area contributed by atoms with E-state index in [0.29, 0.717) is 32.8 Å². The zero-order valence-corrected chi connectivity index (χ0v) is 23.0. The van der Waals surface area contributed by atoms with Gasteiger partial charge in [-0.3, -0.25) is 0 Å². The second kappa shape index (κ2) is 16.3. The van der Waals surface area contributed by atoms with Gasteiger partial charge in [0.25, 0.3) is 0 Å². The van der Waals surface area contributed by atoms with Crippen LogP contribution >= 0.6 is 0 Å². The van der Waals surface area contributed by atoms with Crippen LogP contribution < -0.4 is 0 Å². The Morgan fingerprint density at radius 1 is 0.718 bits per heavy atom. The van der Waals surface area contributed by atoms with Crippen LogP contribution in [0.5, 0.6) is 0 Å². The van der Waals surface area contributed by atoms with Crippen molar-refractivity contribution in [3.05, 3.63) is 108 Å². The normalized spacial score (nSPS) is 21.6. The minimum Gasteiger partial charge on any atom is -0.373 e. The molecule has 1 fully saturated rings. The molecule has 0 saturated heterocycles. The number of benzene rings is 3. The van der Waals surface area contributed by atoms with Crippen LogP contribution in [0.2, 0.25) is 0 Å². The van der Waals surface area contributed by atoms with Crippen molar-refractivity contribution in [1.82, 2.24) is 0 Å². The molecule has 0 spiro atoms. The Morgan fingerprint density at radius 2 is 1.26 bits per heavy atom. The minimum atomic E-state index is -0.403. The molecule has 3 aromatic rings. The topological polar surface area (TPSA) is 54.0 Å². The number of carbonyl (C=O) groups excluding carboxylic acids is 1. The van der Waals surface area contributed by atoms with Gasteiger partial charge in [-0.15, -0.1) is 0 Å². The zero-order valence-electron chi connectivity index (χ0n) is 23.0. The lowest BCUT2D eigenvalue weighted by Crippen LogP contribution is -2.36. The van der Waals surface area contributed by atoms with Crippen LogP contribution in [0.1, 0.15) is 55.7 Å². The molecule has 1 aliphatic carbocycles. The van der Waals surface area contributed by atoms with Crippen LogP contribution in [0.15, 0.2) is 91.0 Å². The Balaban J connectivity index is 1.42. The highest BCUT2D eigenvalue weighted by Crippen LogP contribution is 2.34. The van der Waals surface area contributed by atoms with Gasteiger partial charge in [0.15, 0.2) is 0 Å². The molecule has 4 rings (SSSR count). The van der Waals surface area contributed by atoms with Crippen LogP contribution in [-0.2, 0) is 43.6 Å². The summed E-state index contributed by atoms with van der Waals surface area (Å²) in [5.41, 5.74) is 3.32. The van der Waals surface area contributed by atoms with E-state index in [1.165, 1.54) is 0 Å². The Hall–Kier alpha value is -2.83. The summed E-state index contributed by atoms with van der Waals surface area (Å²) in [4.78, 5) is 12.4. The summed E-state index contributed by atoms with van der Waals surface area (Å²) in [6.07, 6.45) is 4.96. The molecule has 208 valence electrons. The highest BCUT2D eigenvalue weighted by Gasteiger charge is 2.46. The van der Waals surface area contributed by atoms with Gasteiger partial charge in [-0.2, -0.15) is 0 Å². The summed E-state index contributed by atoms with van der Waals surface area (Å²) >= 11 is 0. The number of hydrogen-bond acceptors (Lipinski definition) is 5. The van der Waals surface area contributed by atoms with Gasteiger partial charge >= 0.3 is 0 Å². The van der Waals surface area contributed by atoms with Crippen LogP contribution in [0.25, 0.3) is 0 Å². The van der Waals surface area contributed by atoms with E-state index >= 15 is 0 Å². The summed E-state index contributed by atoms with van der Waals surface area (Å²) in [5.74, 6) is -0.403. The van der Waals surface area contributed by atoms with Crippen molar-refractivity contribution < 1.29 is 23.7 Å². The maximum Gasteiger partial charge on any atom is 0.128 e. The number of aldehydes is 1. The molecule has 5 atom stereocenters. The molecule has 0 unspecified atom stereocenters.